The van der Waals surface area contributed by atoms with Crippen LogP contribution in [0.4, 0.5) is 0 Å². The second-order valence-corrected chi connectivity index (χ2v) is 5.59. The maximum atomic E-state index is 6.19. The van der Waals surface area contributed by atoms with Gasteiger partial charge in [-0.15, -0.1) is 11.3 Å². The summed E-state index contributed by atoms with van der Waals surface area (Å²) in [6, 6.07) is 4.34. The zero-order valence-corrected chi connectivity index (χ0v) is 11.3. The van der Waals surface area contributed by atoms with E-state index in [4.69, 9.17) is 4.74 Å². The van der Waals surface area contributed by atoms with Crippen LogP contribution in [0.5, 0.6) is 0 Å². The van der Waals surface area contributed by atoms with Gasteiger partial charge in [0, 0.05) is 9.30 Å². The molecule has 1 aliphatic heterocycles. The van der Waals surface area contributed by atoms with E-state index < -0.39 is 0 Å². The smallest absolute Gasteiger partial charge is 0.102 e. The molecule has 0 amide bonds. The first-order valence-electron chi connectivity index (χ1n) is 5.08. The SMILES string of the molecule is CCC1(c2cccs2)CCC(CI)O1. The van der Waals surface area contributed by atoms with Gasteiger partial charge in [0.25, 0.3) is 0 Å². The summed E-state index contributed by atoms with van der Waals surface area (Å²) in [6.07, 6.45) is 3.98. The molecule has 0 aliphatic carbocycles. The van der Waals surface area contributed by atoms with Crippen LogP contribution in [0, 0.1) is 0 Å². The predicted molar refractivity (Wildman–Crippen MR) is 69.3 cm³/mol. The second-order valence-electron chi connectivity index (χ2n) is 3.76. The van der Waals surface area contributed by atoms with Gasteiger partial charge in [-0.2, -0.15) is 0 Å². The van der Waals surface area contributed by atoms with E-state index in [1.807, 2.05) is 11.3 Å². The van der Waals surface area contributed by atoms with Crippen LogP contribution in [0.25, 0.3) is 0 Å². The van der Waals surface area contributed by atoms with Crippen LogP contribution < -0.4 is 0 Å². The highest BCUT2D eigenvalue weighted by molar-refractivity contribution is 14.1. The third-order valence-electron chi connectivity index (χ3n) is 2.98. The van der Waals surface area contributed by atoms with Gasteiger partial charge in [0.2, 0.25) is 0 Å². The monoisotopic (exact) mass is 322 g/mol. The van der Waals surface area contributed by atoms with Crippen LogP contribution in [0.15, 0.2) is 17.5 Å². The second kappa shape index (κ2) is 4.49. The van der Waals surface area contributed by atoms with Gasteiger partial charge in [-0.25, -0.2) is 0 Å². The number of hydrogen-bond donors (Lipinski definition) is 0. The molecule has 0 saturated carbocycles. The van der Waals surface area contributed by atoms with E-state index in [0.29, 0.717) is 6.10 Å². The average Bonchev–Trinajstić information content (AvgIpc) is 2.87. The number of ether oxygens (including phenoxy) is 1. The molecule has 0 N–H and O–H groups in total. The molecule has 1 saturated heterocycles. The highest BCUT2D eigenvalue weighted by Gasteiger charge is 2.40. The summed E-state index contributed by atoms with van der Waals surface area (Å²) < 4.78 is 7.31. The van der Waals surface area contributed by atoms with Gasteiger partial charge in [-0.05, 0) is 30.7 Å². The maximum Gasteiger partial charge on any atom is 0.102 e. The van der Waals surface area contributed by atoms with Crippen molar-refractivity contribution >= 4 is 33.9 Å². The van der Waals surface area contributed by atoms with Gasteiger partial charge in [0.05, 0.1) is 6.10 Å². The molecule has 1 nitrogen and oxygen atoms in total. The van der Waals surface area contributed by atoms with Crippen molar-refractivity contribution in [2.45, 2.75) is 37.9 Å². The van der Waals surface area contributed by atoms with Crippen LogP contribution >= 0.6 is 33.9 Å². The number of alkyl halides is 1. The maximum absolute atomic E-state index is 6.19. The Labute approximate surface area is 103 Å². The fourth-order valence-corrected chi connectivity index (χ4v) is 3.68. The summed E-state index contributed by atoms with van der Waals surface area (Å²) in [5.74, 6) is 0. The molecule has 14 heavy (non-hydrogen) atoms. The Bertz CT molecular complexity index is 285. The Morgan fingerprint density at radius 1 is 1.71 bits per heavy atom. The number of rotatable bonds is 3. The lowest BCUT2D eigenvalue weighted by Gasteiger charge is -2.26. The highest BCUT2D eigenvalue weighted by atomic mass is 127. The van der Waals surface area contributed by atoms with E-state index >= 15 is 0 Å². The number of hydrogen-bond acceptors (Lipinski definition) is 2. The number of thiophene rings is 1. The summed E-state index contributed by atoms with van der Waals surface area (Å²) in [5.41, 5.74) is 0.0456. The Hall–Kier alpha value is 0.390. The Morgan fingerprint density at radius 2 is 2.57 bits per heavy atom. The van der Waals surface area contributed by atoms with Crippen molar-refractivity contribution in [3.63, 3.8) is 0 Å². The molecule has 0 aromatic carbocycles. The quantitative estimate of drug-likeness (QED) is 0.604. The van der Waals surface area contributed by atoms with Crippen LogP contribution in [0.2, 0.25) is 0 Å². The van der Waals surface area contributed by atoms with Gasteiger partial charge in [0.15, 0.2) is 0 Å². The van der Waals surface area contributed by atoms with Crippen molar-refractivity contribution in [3.8, 4) is 0 Å². The molecule has 2 unspecified atom stereocenters. The molecule has 1 aromatic rings. The lowest BCUT2D eigenvalue weighted by Crippen LogP contribution is -2.24. The Kier molecular flexibility index (Phi) is 3.50. The Balaban J connectivity index is 2.20. The molecule has 78 valence electrons. The first-order valence-corrected chi connectivity index (χ1v) is 7.49. The molecular formula is C11H15IOS. The molecule has 2 atom stereocenters. The third-order valence-corrected chi connectivity index (χ3v) is 5.01. The minimum atomic E-state index is 0.0456. The molecule has 2 heterocycles. The Morgan fingerprint density at radius 3 is 3.07 bits per heavy atom. The predicted octanol–water partition coefficient (Wildman–Crippen LogP) is 3.97. The molecule has 1 aliphatic rings. The van der Waals surface area contributed by atoms with Crippen molar-refractivity contribution in [2.75, 3.05) is 4.43 Å². The molecule has 2 rings (SSSR count). The van der Waals surface area contributed by atoms with Gasteiger partial charge < -0.3 is 4.74 Å². The number of halogens is 1. The van der Waals surface area contributed by atoms with Crippen LogP contribution in [0.1, 0.15) is 31.1 Å². The van der Waals surface area contributed by atoms with Gasteiger partial charge in [-0.1, -0.05) is 35.6 Å². The standard InChI is InChI=1S/C11H15IOS/c1-2-11(10-4-3-7-14-10)6-5-9(8-12)13-11/h3-4,7,9H,2,5-6,8H2,1H3. The summed E-state index contributed by atoms with van der Waals surface area (Å²) >= 11 is 4.25. The van der Waals surface area contributed by atoms with E-state index in [2.05, 4.69) is 47.0 Å². The molecule has 1 fully saturated rings. The van der Waals surface area contributed by atoms with Crippen LogP contribution in [-0.2, 0) is 10.3 Å². The van der Waals surface area contributed by atoms with Crippen molar-refractivity contribution in [1.29, 1.82) is 0 Å². The molecule has 3 heteroatoms. The van der Waals surface area contributed by atoms with Crippen LogP contribution in [-0.4, -0.2) is 10.5 Å². The summed E-state index contributed by atoms with van der Waals surface area (Å²) in [7, 11) is 0. The van der Waals surface area contributed by atoms with Crippen molar-refractivity contribution in [2.24, 2.45) is 0 Å². The van der Waals surface area contributed by atoms with Gasteiger partial charge in [-0.3, -0.25) is 0 Å². The highest BCUT2D eigenvalue weighted by Crippen LogP contribution is 2.44. The fraction of sp³-hybridized carbons (Fsp3) is 0.636. The summed E-state index contributed by atoms with van der Waals surface area (Å²) in [5, 5.41) is 2.15. The molecular weight excluding hydrogens is 307 g/mol. The van der Waals surface area contributed by atoms with Crippen molar-refractivity contribution in [1.82, 2.24) is 0 Å². The normalized spacial score (nSPS) is 32.3. The molecule has 0 radical (unpaired) electrons. The van der Waals surface area contributed by atoms with Crippen LogP contribution in [0.3, 0.4) is 0 Å². The molecule has 0 spiro atoms. The van der Waals surface area contributed by atoms with Gasteiger partial charge in [0.1, 0.15) is 5.60 Å². The zero-order chi connectivity index (χ0) is 10.0. The first-order chi connectivity index (χ1) is 6.80. The van der Waals surface area contributed by atoms with Crippen molar-refractivity contribution in [3.05, 3.63) is 22.4 Å². The zero-order valence-electron chi connectivity index (χ0n) is 8.33. The lowest BCUT2D eigenvalue weighted by molar-refractivity contribution is -0.0357. The fourth-order valence-electron chi connectivity index (χ4n) is 2.09. The third kappa shape index (κ3) is 1.86. The van der Waals surface area contributed by atoms with E-state index in [1.165, 1.54) is 17.7 Å². The van der Waals surface area contributed by atoms with Gasteiger partial charge >= 0.3 is 0 Å². The minimum Gasteiger partial charge on any atom is -0.365 e. The first kappa shape index (κ1) is 10.9. The topological polar surface area (TPSA) is 9.23 Å². The summed E-state index contributed by atoms with van der Waals surface area (Å²) in [6.45, 7) is 2.23. The average molecular weight is 322 g/mol. The minimum absolute atomic E-state index is 0.0456. The lowest BCUT2D eigenvalue weighted by atomic mass is 9.95. The largest absolute Gasteiger partial charge is 0.365 e. The summed E-state index contributed by atoms with van der Waals surface area (Å²) in [4.78, 5) is 1.41. The molecule has 1 aromatic heterocycles. The van der Waals surface area contributed by atoms with E-state index in [1.54, 1.807) is 0 Å². The van der Waals surface area contributed by atoms with Crippen molar-refractivity contribution < 1.29 is 4.74 Å². The molecule has 0 bridgehead atoms. The van der Waals surface area contributed by atoms with E-state index in [-0.39, 0.29) is 5.60 Å². The van der Waals surface area contributed by atoms with E-state index in [0.717, 1.165) is 10.8 Å². The van der Waals surface area contributed by atoms with E-state index in [9.17, 15) is 0 Å².